The Bertz CT molecular complexity index is 1070. The fourth-order valence-electron chi connectivity index (χ4n) is 2.54. The lowest BCUT2D eigenvalue weighted by atomic mass is 10.3. The van der Waals surface area contributed by atoms with Crippen LogP contribution in [0.2, 0.25) is 0 Å². The van der Waals surface area contributed by atoms with Gasteiger partial charge in [-0.1, -0.05) is 5.16 Å². The van der Waals surface area contributed by atoms with Crippen LogP contribution in [0.3, 0.4) is 0 Å². The number of benzene rings is 1. The summed E-state index contributed by atoms with van der Waals surface area (Å²) in [5.41, 5.74) is 1.92. The predicted molar refractivity (Wildman–Crippen MR) is 100 cm³/mol. The molecule has 0 aliphatic carbocycles. The number of nitrogens with zero attached hydrogens (tertiary/aromatic N) is 5. The summed E-state index contributed by atoms with van der Waals surface area (Å²) in [5.74, 6) is 1.24. The number of aromatic nitrogens is 5. The molecule has 0 bridgehead atoms. The van der Waals surface area contributed by atoms with E-state index in [1.165, 1.54) is 0 Å². The van der Waals surface area contributed by atoms with Gasteiger partial charge in [0.25, 0.3) is 5.89 Å². The second kappa shape index (κ2) is 7.70. The molecule has 0 spiro atoms. The molecular formula is C19H16N6O3. The van der Waals surface area contributed by atoms with Gasteiger partial charge in [-0.2, -0.15) is 4.98 Å². The third-order valence-electron chi connectivity index (χ3n) is 3.90. The monoisotopic (exact) mass is 376 g/mol. The van der Waals surface area contributed by atoms with Gasteiger partial charge in [0.05, 0.1) is 19.0 Å². The maximum absolute atomic E-state index is 12.2. The fraction of sp³-hybridized carbons (Fsp3) is 0.105. The van der Waals surface area contributed by atoms with Crippen molar-refractivity contribution in [2.24, 2.45) is 0 Å². The number of hydrogen-bond acceptors (Lipinski definition) is 7. The number of nitrogens with one attached hydrogen (secondary N) is 1. The number of imidazole rings is 1. The van der Waals surface area contributed by atoms with Gasteiger partial charge in [-0.15, -0.1) is 0 Å². The van der Waals surface area contributed by atoms with Crippen LogP contribution in [-0.4, -0.2) is 37.7 Å². The zero-order chi connectivity index (χ0) is 19.3. The zero-order valence-electron chi connectivity index (χ0n) is 14.9. The van der Waals surface area contributed by atoms with Crippen LogP contribution in [-0.2, 0) is 11.3 Å². The molecule has 0 fully saturated rings. The first-order valence-corrected chi connectivity index (χ1v) is 8.41. The molecule has 9 nitrogen and oxygen atoms in total. The number of methoxy groups -OCH3 is 1. The molecule has 4 aromatic rings. The highest BCUT2D eigenvalue weighted by molar-refractivity contribution is 5.90. The smallest absolute Gasteiger partial charge is 0.259 e. The van der Waals surface area contributed by atoms with E-state index in [2.05, 4.69) is 25.4 Å². The van der Waals surface area contributed by atoms with E-state index < -0.39 is 0 Å². The first-order chi connectivity index (χ1) is 13.7. The van der Waals surface area contributed by atoms with Crippen LogP contribution in [0.25, 0.3) is 23.0 Å². The molecule has 4 rings (SSSR count). The van der Waals surface area contributed by atoms with E-state index in [1.807, 2.05) is 6.07 Å². The van der Waals surface area contributed by atoms with Crippen LogP contribution in [0.1, 0.15) is 0 Å². The van der Waals surface area contributed by atoms with Crippen molar-refractivity contribution in [3.8, 4) is 28.7 Å². The molecule has 1 aromatic carbocycles. The molecular weight excluding hydrogens is 360 g/mol. The van der Waals surface area contributed by atoms with Gasteiger partial charge in [0.1, 0.15) is 18.0 Å². The van der Waals surface area contributed by atoms with Crippen LogP contribution in [0, 0.1) is 0 Å². The number of ether oxygens (including phenoxy) is 1. The molecule has 0 atom stereocenters. The number of hydrogen-bond donors (Lipinski definition) is 1. The molecule has 0 saturated heterocycles. The average Bonchev–Trinajstić information content (AvgIpc) is 3.39. The molecule has 0 saturated carbocycles. The number of pyridine rings is 1. The number of amides is 1. The second-order valence-electron chi connectivity index (χ2n) is 5.87. The zero-order valence-corrected chi connectivity index (χ0v) is 14.9. The lowest BCUT2D eigenvalue weighted by Crippen LogP contribution is -2.17. The molecule has 0 unspecified atom stereocenters. The van der Waals surface area contributed by atoms with E-state index in [-0.39, 0.29) is 12.5 Å². The summed E-state index contributed by atoms with van der Waals surface area (Å²) in [7, 11) is 1.59. The lowest BCUT2D eigenvalue weighted by Gasteiger charge is -2.06. The van der Waals surface area contributed by atoms with Gasteiger partial charge in [0, 0.05) is 24.3 Å². The molecule has 3 heterocycles. The van der Waals surface area contributed by atoms with Gasteiger partial charge in [-0.3, -0.25) is 9.78 Å². The normalized spacial score (nSPS) is 10.6. The summed E-state index contributed by atoms with van der Waals surface area (Å²) in [6, 6.07) is 10.7. The second-order valence-corrected chi connectivity index (χ2v) is 5.87. The van der Waals surface area contributed by atoms with E-state index in [0.717, 1.165) is 11.3 Å². The van der Waals surface area contributed by atoms with Crippen molar-refractivity contribution in [1.29, 1.82) is 0 Å². The van der Waals surface area contributed by atoms with Crippen LogP contribution in [0.5, 0.6) is 5.75 Å². The predicted octanol–water partition coefficient (Wildman–Crippen LogP) is 2.64. The third kappa shape index (κ3) is 3.88. The Morgan fingerprint density at radius 3 is 2.86 bits per heavy atom. The van der Waals surface area contributed by atoms with E-state index in [1.54, 1.807) is 66.9 Å². The molecule has 0 aliphatic rings. The summed E-state index contributed by atoms with van der Waals surface area (Å²) >= 11 is 0. The van der Waals surface area contributed by atoms with Gasteiger partial charge in [0.15, 0.2) is 0 Å². The maximum atomic E-state index is 12.2. The molecule has 9 heteroatoms. The summed E-state index contributed by atoms with van der Waals surface area (Å²) in [5, 5.41) is 6.75. The van der Waals surface area contributed by atoms with Crippen LogP contribution in [0.4, 0.5) is 5.69 Å². The third-order valence-corrected chi connectivity index (χ3v) is 3.90. The Balaban J connectivity index is 1.41. The summed E-state index contributed by atoms with van der Waals surface area (Å²) in [6.07, 6.45) is 6.54. The highest BCUT2D eigenvalue weighted by Crippen LogP contribution is 2.20. The van der Waals surface area contributed by atoms with Crippen LogP contribution >= 0.6 is 0 Å². The Labute approximate surface area is 160 Å². The highest BCUT2D eigenvalue weighted by Gasteiger charge is 2.14. The first kappa shape index (κ1) is 17.4. The Hall–Kier alpha value is -4.01. The van der Waals surface area contributed by atoms with E-state index in [4.69, 9.17) is 9.26 Å². The lowest BCUT2D eigenvalue weighted by molar-refractivity contribution is -0.116. The van der Waals surface area contributed by atoms with Gasteiger partial charge in [0.2, 0.25) is 11.7 Å². The van der Waals surface area contributed by atoms with Gasteiger partial charge in [-0.05, 0) is 36.4 Å². The quantitative estimate of drug-likeness (QED) is 0.551. The average molecular weight is 376 g/mol. The van der Waals surface area contributed by atoms with Crippen molar-refractivity contribution < 1.29 is 14.1 Å². The van der Waals surface area contributed by atoms with Crippen molar-refractivity contribution in [2.75, 3.05) is 12.4 Å². The molecule has 140 valence electrons. The van der Waals surface area contributed by atoms with Crippen molar-refractivity contribution in [3.63, 3.8) is 0 Å². The SMILES string of the molecule is COc1ccc(NC(=O)Cn2cnc(-c3noc(-c4cccnc4)n3)c2)cc1. The number of carbonyl (C=O) groups excluding carboxylic acids is 1. The molecule has 0 aliphatic heterocycles. The number of rotatable bonds is 6. The van der Waals surface area contributed by atoms with Gasteiger partial charge < -0.3 is 19.1 Å². The molecule has 1 N–H and O–H groups in total. The molecule has 0 radical (unpaired) electrons. The maximum Gasteiger partial charge on any atom is 0.259 e. The van der Waals surface area contributed by atoms with Crippen molar-refractivity contribution in [2.45, 2.75) is 6.54 Å². The van der Waals surface area contributed by atoms with Gasteiger partial charge >= 0.3 is 0 Å². The topological polar surface area (TPSA) is 108 Å². The largest absolute Gasteiger partial charge is 0.497 e. The van der Waals surface area contributed by atoms with Crippen LogP contribution in [0.15, 0.2) is 65.8 Å². The van der Waals surface area contributed by atoms with Crippen molar-refractivity contribution >= 4 is 11.6 Å². The summed E-state index contributed by atoms with van der Waals surface area (Å²) < 4.78 is 12.0. The van der Waals surface area contributed by atoms with E-state index in [9.17, 15) is 4.79 Å². The minimum absolute atomic E-state index is 0.104. The van der Waals surface area contributed by atoms with E-state index >= 15 is 0 Å². The summed E-state index contributed by atoms with van der Waals surface area (Å²) in [6.45, 7) is 0.104. The fourth-order valence-corrected chi connectivity index (χ4v) is 2.54. The number of carbonyl (C=O) groups is 1. The molecule has 28 heavy (non-hydrogen) atoms. The van der Waals surface area contributed by atoms with E-state index in [0.29, 0.717) is 23.1 Å². The highest BCUT2D eigenvalue weighted by atomic mass is 16.5. The van der Waals surface area contributed by atoms with Gasteiger partial charge in [-0.25, -0.2) is 4.98 Å². The van der Waals surface area contributed by atoms with Crippen molar-refractivity contribution in [3.05, 3.63) is 61.3 Å². The van der Waals surface area contributed by atoms with Crippen molar-refractivity contribution in [1.82, 2.24) is 24.7 Å². The minimum atomic E-state index is -0.182. The molecule has 3 aromatic heterocycles. The number of anilines is 1. The first-order valence-electron chi connectivity index (χ1n) is 8.41. The van der Waals surface area contributed by atoms with Crippen LogP contribution < -0.4 is 10.1 Å². The minimum Gasteiger partial charge on any atom is -0.497 e. The Morgan fingerprint density at radius 2 is 2.11 bits per heavy atom. The molecule has 1 amide bonds. The Kier molecular flexibility index (Phi) is 4.79. The standard InChI is InChI=1S/C19H16N6O3/c1-27-15-6-4-14(5-7-15)22-17(26)11-25-10-16(21-12-25)18-23-19(28-24-18)13-3-2-8-20-9-13/h2-10,12H,11H2,1H3,(H,22,26). The Morgan fingerprint density at radius 1 is 1.25 bits per heavy atom. The summed E-state index contributed by atoms with van der Waals surface area (Å²) in [4.78, 5) is 24.8.